The number of amides is 1. The predicted octanol–water partition coefficient (Wildman–Crippen LogP) is 3.89. The van der Waals surface area contributed by atoms with Crippen LogP contribution in [-0.2, 0) is 14.8 Å². The lowest BCUT2D eigenvalue weighted by Gasteiger charge is -2.23. The van der Waals surface area contributed by atoms with Gasteiger partial charge >= 0.3 is 6.09 Å². The van der Waals surface area contributed by atoms with Crippen LogP contribution in [0.2, 0.25) is 0 Å². The number of nitrogens with zero attached hydrogens (tertiary/aromatic N) is 3. The smallest absolute Gasteiger partial charge is 0.407 e. The average Bonchev–Trinajstić information content (AvgIpc) is 3.31. The summed E-state index contributed by atoms with van der Waals surface area (Å²) in [5.74, 6) is -1.50. The fourth-order valence-corrected chi connectivity index (χ4v) is 5.06. The summed E-state index contributed by atoms with van der Waals surface area (Å²) in [5, 5.41) is 8.98. The van der Waals surface area contributed by atoms with Crippen molar-refractivity contribution in [1.82, 2.24) is 20.6 Å². The van der Waals surface area contributed by atoms with Gasteiger partial charge in [0.15, 0.2) is 5.82 Å². The molecule has 214 valence electrons. The lowest BCUT2D eigenvalue weighted by Crippen LogP contribution is -2.37. The van der Waals surface area contributed by atoms with Crippen molar-refractivity contribution in [3.8, 4) is 0 Å². The molecule has 2 heterocycles. The van der Waals surface area contributed by atoms with Crippen LogP contribution in [0.1, 0.15) is 64.4 Å². The van der Waals surface area contributed by atoms with Crippen LogP contribution in [0.15, 0.2) is 29.4 Å². The number of rotatable bonds is 10. The number of methoxy groups -OCH3 is 1. The third-order valence-electron chi connectivity index (χ3n) is 5.87. The molecule has 0 saturated carbocycles. The summed E-state index contributed by atoms with van der Waals surface area (Å²) in [5.41, 5.74) is -0.688. The molecule has 0 fully saturated rings. The Kier molecular flexibility index (Phi) is 9.30. The van der Waals surface area contributed by atoms with Gasteiger partial charge in [0.25, 0.3) is 0 Å². The molecular weight excluding hydrogens is 532 g/mol. The quantitative estimate of drug-likeness (QED) is 0.338. The molecule has 0 saturated heterocycles. The van der Waals surface area contributed by atoms with Gasteiger partial charge in [-0.15, -0.1) is 0 Å². The summed E-state index contributed by atoms with van der Waals surface area (Å²) in [6, 6.07) is 2.11. The minimum atomic E-state index is -3.94. The monoisotopic (exact) mass is 567 g/mol. The molecule has 3 rings (SSSR count). The highest BCUT2D eigenvalue weighted by Crippen LogP contribution is 2.41. The van der Waals surface area contributed by atoms with Crippen molar-refractivity contribution in [2.24, 2.45) is 10.4 Å². The van der Waals surface area contributed by atoms with Gasteiger partial charge in [-0.2, -0.15) is 0 Å². The maximum atomic E-state index is 15.7. The van der Waals surface area contributed by atoms with Gasteiger partial charge in [-0.25, -0.2) is 32.0 Å². The van der Waals surface area contributed by atoms with E-state index in [4.69, 9.17) is 4.99 Å². The summed E-state index contributed by atoms with van der Waals surface area (Å²) in [4.78, 5) is 24.9. The van der Waals surface area contributed by atoms with Gasteiger partial charge in [0.2, 0.25) is 16.0 Å². The standard InChI is InChI=1S/C25H35F2N7O4S/c1-7-12-39(36,37)34-20-16(26)9-8-15(18(20)27)19-21(33-22(32-19)25(3,4)5)17-10-11-28-23(31-17)29-13-14(2)30-24(35)38-6/h8-11,14,19,21,34H,7,12-13H2,1-6H3,(H,30,35)(H,32,33)(H,28,29,31)/t14-,19?,21?/m0/s1. The highest BCUT2D eigenvalue weighted by atomic mass is 32.2. The van der Waals surface area contributed by atoms with Crippen LogP contribution >= 0.6 is 0 Å². The fourth-order valence-electron chi connectivity index (χ4n) is 3.92. The molecule has 2 aromatic rings. The van der Waals surface area contributed by atoms with Gasteiger partial charge in [0.05, 0.1) is 24.6 Å². The van der Waals surface area contributed by atoms with E-state index in [9.17, 15) is 17.6 Å². The zero-order chi connectivity index (χ0) is 29.0. The summed E-state index contributed by atoms with van der Waals surface area (Å²) in [7, 11) is -2.67. The average molecular weight is 568 g/mol. The topological polar surface area (TPSA) is 147 Å². The molecule has 0 spiro atoms. The van der Waals surface area contributed by atoms with Crippen molar-refractivity contribution in [2.75, 3.05) is 29.4 Å². The van der Waals surface area contributed by atoms with Crippen LogP contribution in [0.25, 0.3) is 0 Å². The number of carbonyl (C=O) groups is 1. The second-order valence-electron chi connectivity index (χ2n) is 10.3. The number of halogens is 2. The number of nitrogens with one attached hydrogen (secondary N) is 4. The minimum Gasteiger partial charge on any atom is -0.453 e. The Morgan fingerprint density at radius 2 is 1.95 bits per heavy atom. The van der Waals surface area contributed by atoms with E-state index in [0.29, 0.717) is 18.1 Å². The summed E-state index contributed by atoms with van der Waals surface area (Å²) < 4.78 is 61.6. The number of carbonyl (C=O) groups excluding carboxylic acids is 1. The molecule has 14 heteroatoms. The summed E-state index contributed by atoms with van der Waals surface area (Å²) >= 11 is 0. The molecule has 11 nitrogen and oxygen atoms in total. The molecule has 2 unspecified atom stereocenters. The summed E-state index contributed by atoms with van der Waals surface area (Å²) in [6.07, 6.45) is 1.25. The van der Waals surface area contributed by atoms with Crippen LogP contribution in [0.4, 0.5) is 25.2 Å². The number of hydrogen-bond donors (Lipinski definition) is 4. The molecule has 0 radical (unpaired) electrons. The number of hydrogen-bond acceptors (Lipinski definition) is 9. The van der Waals surface area contributed by atoms with E-state index in [2.05, 4.69) is 30.7 Å². The number of aliphatic imine (C=N–C) groups is 1. The first-order valence-corrected chi connectivity index (χ1v) is 14.2. The molecule has 4 N–H and O–H groups in total. The van der Waals surface area contributed by atoms with Gasteiger partial charge < -0.3 is 20.7 Å². The van der Waals surface area contributed by atoms with Gasteiger partial charge in [0.1, 0.15) is 23.4 Å². The number of anilines is 2. The molecule has 1 amide bonds. The van der Waals surface area contributed by atoms with E-state index in [1.165, 1.54) is 19.4 Å². The van der Waals surface area contributed by atoms with E-state index >= 15 is 4.39 Å². The first-order chi connectivity index (χ1) is 18.3. The Balaban J connectivity index is 1.96. The third-order valence-corrected chi connectivity index (χ3v) is 7.33. The van der Waals surface area contributed by atoms with Crippen molar-refractivity contribution < 1.29 is 26.7 Å². The molecule has 1 aliphatic rings. The fraction of sp³-hybridized carbons (Fsp3) is 0.520. The summed E-state index contributed by atoms with van der Waals surface area (Å²) in [6.45, 7) is 9.54. The zero-order valence-corrected chi connectivity index (χ0v) is 23.6. The number of sulfonamides is 1. The zero-order valence-electron chi connectivity index (χ0n) is 22.8. The van der Waals surface area contributed by atoms with Crippen LogP contribution in [0, 0.1) is 17.0 Å². The highest BCUT2D eigenvalue weighted by Gasteiger charge is 2.38. The number of ether oxygens (including phenoxy) is 1. The van der Waals surface area contributed by atoms with Crippen molar-refractivity contribution in [3.63, 3.8) is 0 Å². The van der Waals surface area contributed by atoms with Crippen molar-refractivity contribution in [3.05, 3.63) is 47.3 Å². The van der Waals surface area contributed by atoms with Crippen LogP contribution < -0.4 is 20.7 Å². The number of benzene rings is 1. The molecule has 0 bridgehead atoms. The van der Waals surface area contributed by atoms with Gasteiger partial charge in [-0.1, -0.05) is 33.8 Å². The van der Waals surface area contributed by atoms with Crippen molar-refractivity contribution in [1.29, 1.82) is 0 Å². The highest BCUT2D eigenvalue weighted by molar-refractivity contribution is 7.92. The van der Waals surface area contributed by atoms with Gasteiger partial charge in [-0.05, 0) is 25.5 Å². The lowest BCUT2D eigenvalue weighted by atomic mass is 9.95. The molecule has 0 aliphatic carbocycles. The van der Waals surface area contributed by atoms with E-state index < -0.39 is 50.9 Å². The normalized spacial score (nSPS) is 18.1. The Bertz CT molecular complexity index is 1330. The van der Waals surface area contributed by atoms with Crippen molar-refractivity contribution >= 4 is 33.6 Å². The Hall–Kier alpha value is -3.55. The number of amidine groups is 1. The van der Waals surface area contributed by atoms with Crippen LogP contribution in [0.3, 0.4) is 0 Å². The molecule has 1 aliphatic heterocycles. The van der Waals surface area contributed by atoms with E-state index in [1.54, 1.807) is 19.9 Å². The molecule has 1 aromatic heterocycles. The van der Waals surface area contributed by atoms with Crippen molar-refractivity contribution in [2.45, 2.75) is 59.2 Å². The Morgan fingerprint density at radius 3 is 2.59 bits per heavy atom. The molecule has 1 aromatic carbocycles. The SMILES string of the molecule is CCCS(=O)(=O)Nc1c(F)ccc(C2N=C(C(C)(C)C)NC2c2ccnc(NC[C@H](C)NC(=O)OC)n2)c1F. The first-order valence-electron chi connectivity index (χ1n) is 12.5. The first kappa shape index (κ1) is 30.0. The minimum absolute atomic E-state index is 0.00590. The largest absolute Gasteiger partial charge is 0.453 e. The molecular formula is C25H35F2N7O4S. The molecule has 39 heavy (non-hydrogen) atoms. The predicted molar refractivity (Wildman–Crippen MR) is 145 cm³/mol. The lowest BCUT2D eigenvalue weighted by molar-refractivity contribution is 0.168. The molecule has 3 atom stereocenters. The number of aromatic nitrogens is 2. The number of alkyl carbamates (subject to hydrolysis) is 1. The maximum absolute atomic E-state index is 15.7. The van der Waals surface area contributed by atoms with E-state index in [0.717, 1.165) is 6.07 Å². The van der Waals surface area contributed by atoms with Gasteiger partial charge in [0, 0.05) is 29.8 Å². The van der Waals surface area contributed by atoms with Crippen LogP contribution in [-0.4, -0.2) is 55.8 Å². The third kappa shape index (κ3) is 7.52. The van der Waals surface area contributed by atoms with E-state index in [-0.39, 0.29) is 29.7 Å². The Morgan fingerprint density at radius 1 is 1.23 bits per heavy atom. The Labute approximate surface area is 227 Å². The van der Waals surface area contributed by atoms with Gasteiger partial charge in [-0.3, -0.25) is 9.71 Å². The second-order valence-corrected chi connectivity index (χ2v) is 12.1. The second kappa shape index (κ2) is 12.1. The maximum Gasteiger partial charge on any atom is 0.407 e. The van der Waals surface area contributed by atoms with E-state index in [1.807, 2.05) is 25.5 Å². The van der Waals surface area contributed by atoms with Crippen LogP contribution in [0.5, 0.6) is 0 Å².